The standard InChI is InChI=1S/C107H208N3O21.3ClH/c1-13-18-23-28-33-38-41-44-47-50-53-58-61-66-71-76-93(115)108(6,7)81-89(111)84-123-100-98(120)104(131-107(102(100)122-12)129-97(119)80-75-70-65-57-37-32-27-22-17-5)126-88-92(114)87-124-103-101(128-96(118)79-74-69-64-56-36-31-26-21-16-4)99(121)105(125-85-90(112)82-109(8,9)94(116)77-72-67-62-59-54-51-48-45-42-39-34-29-24-19-14-2)130-106(103)127-86-91(113)83-110(10,11)95(117)78-73-68-63-60-55-52-49-46-43-40-35-30-25-20-15-3;;;/h89-92,98-107,111-114,120-121H,13-88H2,1-12H3;3*1H/q+3;;;/p-3/t89?,90?,91?,92?,98-,99-,100-,101-,102+,103+,104+,105+,106+,107+;;;/m1.../s1. The number of amides is 3. The van der Waals surface area contributed by atoms with Crippen LogP contribution in [0.5, 0.6) is 0 Å². The molecule has 0 bridgehead atoms. The lowest BCUT2D eigenvalue weighted by Crippen LogP contribution is -3.00. The number of quaternary nitrogens is 3. The van der Waals surface area contributed by atoms with Gasteiger partial charge in [0.2, 0.25) is 6.29 Å². The molecule has 2 rings (SSSR count). The summed E-state index contributed by atoms with van der Waals surface area (Å²) in [5.74, 6) is -1.37. The lowest BCUT2D eigenvalue weighted by Gasteiger charge is -2.44. The summed E-state index contributed by atoms with van der Waals surface area (Å²) in [7, 11) is 11.9. The molecule has 2 heterocycles. The highest BCUT2D eigenvalue weighted by Gasteiger charge is 2.52. The maximum Gasteiger partial charge on any atom is 0.313 e. The van der Waals surface area contributed by atoms with Crippen LogP contribution < -0.4 is 37.2 Å². The van der Waals surface area contributed by atoms with Gasteiger partial charge in [-0.1, -0.05) is 407 Å². The Kier molecular flexibility index (Phi) is 87.8. The first kappa shape index (κ1) is 134. The Morgan fingerprint density at radius 1 is 0.246 bits per heavy atom. The van der Waals surface area contributed by atoms with Gasteiger partial charge in [0.25, 0.3) is 0 Å². The number of carbonyl (C=O) groups is 5. The number of likely N-dealkylation sites (N-methyl/N-ethyl adjacent to an activating group) is 3. The summed E-state index contributed by atoms with van der Waals surface area (Å²) in [5.41, 5.74) is 0. The van der Waals surface area contributed by atoms with E-state index in [0.717, 1.165) is 141 Å². The highest BCUT2D eigenvalue weighted by Crippen LogP contribution is 2.33. The van der Waals surface area contributed by atoms with Gasteiger partial charge in [0.15, 0.2) is 25.0 Å². The third-order valence-electron chi connectivity index (χ3n) is 27.0. The molecule has 6 N–H and O–H groups in total. The molecule has 27 heteroatoms. The predicted octanol–water partition coefficient (Wildman–Crippen LogP) is 13.3. The Labute approximate surface area is 836 Å². The van der Waals surface area contributed by atoms with Crippen molar-refractivity contribution in [1.82, 2.24) is 0 Å². The van der Waals surface area contributed by atoms with Crippen molar-refractivity contribution in [1.29, 1.82) is 0 Å². The summed E-state index contributed by atoms with van der Waals surface area (Å²) in [6.07, 6.45) is 53.0. The van der Waals surface area contributed by atoms with Crippen molar-refractivity contribution >= 4 is 29.7 Å². The first-order valence-electron chi connectivity index (χ1n) is 54.7. The third-order valence-corrected chi connectivity index (χ3v) is 27.0. The van der Waals surface area contributed by atoms with Gasteiger partial charge in [0.1, 0.15) is 74.6 Å². The van der Waals surface area contributed by atoms with Crippen molar-refractivity contribution < 1.29 is 153 Å². The summed E-state index contributed by atoms with van der Waals surface area (Å²) in [6, 6.07) is 0. The second-order valence-corrected chi connectivity index (χ2v) is 41.1. The number of esters is 2. The van der Waals surface area contributed by atoms with E-state index in [1.807, 2.05) is 0 Å². The Hall–Kier alpha value is -1.86. The number of nitrogens with zero attached hydrogens (tertiary/aromatic N) is 3. The molecule has 134 heavy (non-hydrogen) atoms. The molecule has 3 amide bonds. The zero-order chi connectivity index (χ0) is 96.3. The van der Waals surface area contributed by atoms with Crippen LogP contribution in [0, 0.1) is 0 Å². The second-order valence-electron chi connectivity index (χ2n) is 41.1. The number of methoxy groups -OCH3 is 1. The highest BCUT2D eigenvalue weighted by atomic mass is 35.5. The van der Waals surface area contributed by atoms with E-state index in [0.29, 0.717) is 32.1 Å². The average molecular weight is 1980 g/mol. The molecule has 0 radical (unpaired) electrons. The first-order chi connectivity index (χ1) is 63.2. The Morgan fingerprint density at radius 2 is 0.448 bits per heavy atom. The van der Waals surface area contributed by atoms with Crippen molar-refractivity contribution in [3.05, 3.63) is 0 Å². The van der Waals surface area contributed by atoms with E-state index in [9.17, 15) is 54.6 Å². The van der Waals surface area contributed by atoms with Crippen LogP contribution in [-0.2, 0) is 71.3 Å². The van der Waals surface area contributed by atoms with Crippen molar-refractivity contribution in [3.8, 4) is 0 Å². The average Bonchev–Trinajstić information content (AvgIpc) is 0.794. The van der Waals surface area contributed by atoms with Gasteiger partial charge in [-0.3, -0.25) is 23.0 Å². The van der Waals surface area contributed by atoms with Gasteiger partial charge >= 0.3 is 29.7 Å². The molecule has 0 spiro atoms. The van der Waals surface area contributed by atoms with Crippen LogP contribution in [0.2, 0.25) is 0 Å². The van der Waals surface area contributed by atoms with Crippen molar-refractivity contribution in [2.24, 2.45) is 0 Å². The van der Waals surface area contributed by atoms with Gasteiger partial charge in [-0.05, 0) is 32.1 Å². The number of aliphatic hydroxyl groups excluding tert-OH is 6. The van der Waals surface area contributed by atoms with Crippen molar-refractivity contribution in [3.63, 3.8) is 0 Å². The molecule has 2 aliphatic rings. The number of aliphatic hydroxyl groups is 6. The van der Waals surface area contributed by atoms with Crippen LogP contribution in [0.4, 0.5) is 0 Å². The summed E-state index contributed by atoms with van der Waals surface area (Å²) in [4.78, 5) is 69.5. The topological polar surface area (TPSA) is 299 Å². The van der Waals surface area contributed by atoms with E-state index in [4.69, 9.17) is 47.4 Å². The van der Waals surface area contributed by atoms with Crippen LogP contribution in [0.3, 0.4) is 0 Å². The maximum absolute atomic E-state index is 14.2. The monoisotopic (exact) mass is 1980 g/mol. The lowest BCUT2D eigenvalue weighted by molar-refractivity contribution is -0.818. The van der Waals surface area contributed by atoms with E-state index in [1.54, 1.807) is 42.3 Å². The molecule has 14 atom stereocenters. The zero-order valence-electron chi connectivity index (χ0n) is 87.6. The van der Waals surface area contributed by atoms with Gasteiger partial charge < -0.3 is 115 Å². The van der Waals surface area contributed by atoms with E-state index >= 15 is 0 Å². The summed E-state index contributed by atoms with van der Waals surface area (Å²) < 4.78 is 62.0. The smallest absolute Gasteiger partial charge is 0.313 e. The van der Waals surface area contributed by atoms with E-state index in [2.05, 4.69) is 34.6 Å². The Balaban J connectivity index is 0. The van der Waals surface area contributed by atoms with Gasteiger partial charge in [-0.15, -0.1) is 0 Å². The minimum Gasteiger partial charge on any atom is -1.00 e. The molecule has 0 aromatic heterocycles. The molecule has 798 valence electrons. The molecular weight excluding hydrogens is 1770 g/mol. The summed E-state index contributed by atoms with van der Waals surface area (Å²) in [6.45, 7) is 8.62. The third kappa shape index (κ3) is 67.6. The molecule has 24 nitrogen and oxygen atoms in total. The molecule has 2 aliphatic heterocycles. The van der Waals surface area contributed by atoms with Crippen LogP contribution in [0.15, 0.2) is 0 Å². The van der Waals surface area contributed by atoms with Gasteiger partial charge in [0, 0.05) is 20.0 Å². The number of unbranched alkanes of at least 4 members (excludes halogenated alkanes) is 58. The predicted molar refractivity (Wildman–Crippen MR) is 526 cm³/mol. The van der Waals surface area contributed by atoms with Crippen LogP contribution >= 0.6 is 0 Å². The highest BCUT2D eigenvalue weighted by molar-refractivity contribution is 5.70. The molecule has 2 saturated heterocycles. The minimum atomic E-state index is -1.80. The fourth-order valence-electron chi connectivity index (χ4n) is 18.4. The molecule has 0 saturated carbocycles. The number of carbonyl (C=O) groups excluding carboxylic acids is 5. The fraction of sp³-hybridized carbons (Fsp3) is 0.953. The normalized spacial score (nSPS) is 19.7. The fourth-order valence-corrected chi connectivity index (χ4v) is 18.4. The molecule has 0 aromatic rings. The zero-order valence-corrected chi connectivity index (χ0v) is 89.9. The van der Waals surface area contributed by atoms with Gasteiger partial charge in [-0.25, -0.2) is 14.4 Å². The van der Waals surface area contributed by atoms with Crippen molar-refractivity contribution in [2.45, 2.75) is 557 Å². The van der Waals surface area contributed by atoms with E-state index in [1.165, 1.54) is 258 Å². The molecule has 4 unspecified atom stereocenters. The van der Waals surface area contributed by atoms with Gasteiger partial charge in [-0.2, -0.15) is 0 Å². The molecule has 0 aliphatic carbocycles. The number of ether oxygens (including phenoxy) is 10. The SMILES string of the molecule is CCCCCCCCCCCCCCCCCC(=O)[N+](C)(C)CC(O)CO[C@H]1O[C@H](OCC(O)C[N+](C)(C)C(=O)CCCCCCCCCCCCCCCCC)[C@@H](OCC(O)CO[C@H]2O[C@H](OC(=O)CCCCCCCCCCC)[C@@H](OC)[C@H](OCC(O)C[N+](C)(C)C(=O)CCCCCCCCCCCCCCCCC)[C@H]2O)[C@H](OC(=O)CCCCCCCCCCC)[C@H]1O.[Cl-].[Cl-].[Cl-]. The molecule has 2 fully saturated rings. The van der Waals surface area contributed by atoms with E-state index < -0.39 is 125 Å². The second kappa shape index (κ2) is 87.7. The van der Waals surface area contributed by atoms with Crippen LogP contribution in [0.1, 0.15) is 471 Å². The Bertz CT molecular complexity index is 2720. The molecule has 0 aromatic carbocycles. The van der Waals surface area contributed by atoms with Gasteiger partial charge in [0.05, 0.1) is 94.6 Å². The summed E-state index contributed by atoms with van der Waals surface area (Å²) in [5, 5.41) is 71.9. The number of hydrogen-bond acceptors (Lipinski definition) is 21. The van der Waals surface area contributed by atoms with Crippen LogP contribution in [0.25, 0.3) is 0 Å². The number of rotatable bonds is 92. The Morgan fingerprint density at radius 3 is 0.716 bits per heavy atom. The number of hydrogen-bond donors (Lipinski definition) is 6. The quantitative estimate of drug-likeness (QED) is 0.0187. The lowest BCUT2D eigenvalue weighted by atomic mass is 10.0. The minimum absolute atomic E-state index is 0. The summed E-state index contributed by atoms with van der Waals surface area (Å²) >= 11 is 0. The van der Waals surface area contributed by atoms with Crippen LogP contribution in [-0.4, -0.2) is 262 Å². The van der Waals surface area contributed by atoms with Crippen molar-refractivity contribution in [2.75, 3.05) is 102 Å². The first-order valence-corrected chi connectivity index (χ1v) is 54.7. The largest absolute Gasteiger partial charge is 1.00 e. The number of halogens is 3. The maximum atomic E-state index is 14.2. The molecular formula is C107H208Cl3N3O21. The van der Waals surface area contributed by atoms with E-state index in [-0.39, 0.29) is 107 Å².